The van der Waals surface area contributed by atoms with Crippen LogP contribution in [0.4, 0.5) is 0 Å². The lowest BCUT2D eigenvalue weighted by Gasteiger charge is -2.30. The number of unbranched alkanes of at least 4 members (excludes halogenated alkanes) is 14. The van der Waals surface area contributed by atoms with Crippen molar-refractivity contribution in [3.05, 3.63) is 35.9 Å². The molecule has 0 radical (unpaired) electrons. The fourth-order valence-electron chi connectivity index (χ4n) is 4.97. The van der Waals surface area contributed by atoms with Crippen LogP contribution in [0.5, 0.6) is 0 Å². The fourth-order valence-corrected chi connectivity index (χ4v) is 5.99. The van der Waals surface area contributed by atoms with Gasteiger partial charge in [0, 0.05) is 24.9 Å². The Kier molecular flexibility index (Phi) is 22.1. The first-order valence-corrected chi connectivity index (χ1v) is 16.9. The van der Waals surface area contributed by atoms with Crippen molar-refractivity contribution in [2.24, 2.45) is 0 Å². The molecule has 0 saturated carbocycles. The molecule has 0 aromatic heterocycles. The number of thioether (sulfide) groups is 1. The van der Waals surface area contributed by atoms with Crippen LogP contribution in [0.25, 0.3) is 0 Å². The van der Waals surface area contributed by atoms with Crippen LogP contribution in [-0.4, -0.2) is 49.1 Å². The Hall–Kier alpha value is -1.00. The second-order valence-corrected chi connectivity index (χ2v) is 12.9. The molecule has 0 unspecified atom stereocenters. The third-order valence-corrected chi connectivity index (χ3v) is 8.46. The highest BCUT2D eigenvalue weighted by molar-refractivity contribution is 7.99. The minimum atomic E-state index is 0.234. The minimum absolute atomic E-state index is 0.234. The monoisotopic (exact) mass is 533 g/mol. The van der Waals surface area contributed by atoms with Crippen molar-refractivity contribution >= 4 is 17.7 Å². The van der Waals surface area contributed by atoms with Crippen LogP contribution in [0.1, 0.15) is 128 Å². The summed E-state index contributed by atoms with van der Waals surface area (Å²) in [4.78, 5) is 12.1. The smallest absolute Gasteiger partial charge is 0.219 e. The van der Waals surface area contributed by atoms with E-state index in [4.69, 9.17) is 0 Å². The van der Waals surface area contributed by atoms with Crippen molar-refractivity contribution < 1.29 is 9.28 Å². The maximum atomic E-state index is 12.1. The molecule has 1 N–H and O–H groups in total. The summed E-state index contributed by atoms with van der Waals surface area (Å²) in [5.74, 6) is 2.96. The van der Waals surface area contributed by atoms with Crippen LogP contribution in [0.15, 0.2) is 30.3 Å². The van der Waals surface area contributed by atoms with Crippen LogP contribution in [0.2, 0.25) is 0 Å². The molecule has 0 aliphatic rings. The van der Waals surface area contributed by atoms with Gasteiger partial charge in [-0.3, -0.25) is 4.79 Å². The van der Waals surface area contributed by atoms with Crippen LogP contribution in [0.3, 0.4) is 0 Å². The number of quaternary nitrogens is 1. The van der Waals surface area contributed by atoms with Gasteiger partial charge < -0.3 is 9.80 Å². The third kappa shape index (κ3) is 22.7. The summed E-state index contributed by atoms with van der Waals surface area (Å²) in [5.41, 5.74) is 1.37. The number of benzene rings is 1. The number of carbonyl (C=O) groups excluding carboxylic acids is 1. The van der Waals surface area contributed by atoms with E-state index in [-0.39, 0.29) is 5.91 Å². The molecule has 0 bridgehead atoms. The highest BCUT2D eigenvalue weighted by atomic mass is 32.2. The van der Waals surface area contributed by atoms with E-state index in [1.807, 2.05) is 0 Å². The normalized spacial score (nSPS) is 11.6. The molecule has 3 nitrogen and oxygen atoms in total. The Balaban J connectivity index is 1.79. The summed E-state index contributed by atoms with van der Waals surface area (Å²) in [6.45, 7) is 5.20. The molecule has 0 saturated heterocycles. The van der Waals surface area contributed by atoms with Crippen LogP contribution >= 0.6 is 11.8 Å². The number of amides is 1. The summed E-state index contributed by atoms with van der Waals surface area (Å²) in [5, 5.41) is 3.13. The summed E-state index contributed by atoms with van der Waals surface area (Å²) < 4.78 is 0.956. The zero-order chi connectivity index (χ0) is 26.9. The van der Waals surface area contributed by atoms with Gasteiger partial charge in [0.2, 0.25) is 5.91 Å². The van der Waals surface area contributed by atoms with Gasteiger partial charge in [0.1, 0.15) is 6.54 Å². The molecule has 214 valence electrons. The van der Waals surface area contributed by atoms with E-state index >= 15 is 0 Å². The highest BCUT2D eigenvalue weighted by Crippen LogP contribution is 2.15. The molecule has 0 aliphatic carbocycles. The van der Waals surface area contributed by atoms with Gasteiger partial charge >= 0.3 is 0 Å². The Morgan fingerprint density at radius 3 is 1.78 bits per heavy atom. The quantitative estimate of drug-likeness (QED) is 0.0950. The molecule has 1 amide bonds. The Labute approximate surface area is 235 Å². The molecule has 1 aromatic carbocycles. The van der Waals surface area contributed by atoms with Crippen LogP contribution < -0.4 is 5.32 Å². The van der Waals surface area contributed by atoms with Crippen molar-refractivity contribution in [3.8, 4) is 0 Å². The highest BCUT2D eigenvalue weighted by Gasteiger charge is 2.15. The van der Waals surface area contributed by atoms with Gasteiger partial charge in [-0.25, -0.2) is 0 Å². The van der Waals surface area contributed by atoms with Gasteiger partial charge in [-0.2, -0.15) is 11.8 Å². The molecular weight excluding hydrogens is 472 g/mol. The zero-order valence-corrected chi connectivity index (χ0v) is 25.7. The van der Waals surface area contributed by atoms with Crippen molar-refractivity contribution in [1.82, 2.24) is 5.32 Å². The molecule has 0 fully saturated rings. The van der Waals surface area contributed by atoms with Crippen LogP contribution in [0, 0.1) is 0 Å². The maximum Gasteiger partial charge on any atom is 0.219 e. The first-order valence-electron chi connectivity index (χ1n) is 15.7. The number of carbonyl (C=O) groups is 1. The minimum Gasteiger partial charge on any atom is -0.356 e. The van der Waals surface area contributed by atoms with E-state index in [1.165, 1.54) is 113 Å². The molecule has 4 heteroatoms. The molecular formula is C33H61N2OS+. The Bertz CT molecular complexity index is 634. The third-order valence-electron chi connectivity index (χ3n) is 7.30. The van der Waals surface area contributed by atoms with Crippen molar-refractivity contribution in [2.75, 3.05) is 38.7 Å². The summed E-state index contributed by atoms with van der Waals surface area (Å²) in [7, 11) is 4.54. The Morgan fingerprint density at radius 1 is 0.703 bits per heavy atom. The number of nitrogens with zero attached hydrogens (tertiary/aromatic N) is 1. The van der Waals surface area contributed by atoms with Gasteiger partial charge in [-0.15, -0.1) is 0 Å². The average molecular weight is 534 g/mol. The van der Waals surface area contributed by atoms with Crippen molar-refractivity contribution in [2.45, 2.75) is 129 Å². The van der Waals surface area contributed by atoms with Gasteiger partial charge in [0.15, 0.2) is 0 Å². The molecule has 37 heavy (non-hydrogen) atoms. The van der Waals surface area contributed by atoms with Crippen LogP contribution in [-0.2, 0) is 11.3 Å². The van der Waals surface area contributed by atoms with E-state index in [0.29, 0.717) is 6.42 Å². The van der Waals surface area contributed by atoms with Gasteiger partial charge in [-0.05, 0) is 30.8 Å². The number of rotatable bonds is 26. The van der Waals surface area contributed by atoms with Crippen molar-refractivity contribution in [3.63, 3.8) is 0 Å². The van der Waals surface area contributed by atoms with E-state index in [2.05, 4.69) is 68.4 Å². The van der Waals surface area contributed by atoms with Gasteiger partial charge in [0.05, 0.1) is 20.6 Å². The lowest BCUT2D eigenvalue weighted by atomic mass is 10.1. The van der Waals surface area contributed by atoms with E-state index < -0.39 is 0 Å². The lowest BCUT2D eigenvalue weighted by molar-refractivity contribution is -0.903. The largest absolute Gasteiger partial charge is 0.356 e. The molecule has 0 heterocycles. The zero-order valence-electron chi connectivity index (χ0n) is 24.9. The second kappa shape index (κ2) is 24.1. The number of nitrogens with one attached hydrogen (secondary N) is 1. The first-order chi connectivity index (χ1) is 18.0. The first kappa shape index (κ1) is 34.0. The summed E-state index contributed by atoms with van der Waals surface area (Å²) >= 11 is 2.17. The van der Waals surface area contributed by atoms with Crippen molar-refractivity contribution in [1.29, 1.82) is 0 Å². The molecule has 1 aromatic rings. The molecule has 0 aliphatic heterocycles. The number of hydrogen-bond donors (Lipinski definition) is 1. The predicted molar refractivity (Wildman–Crippen MR) is 166 cm³/mol. The standard InChI is InChI=1S/C33H60N2OS/c1-4-5-6-7-8-12-15-21-29-37-30-22-16-13-10-9-11-14-20-26-33(36)34-27-23-28-35(2,3)31-32-24-18-17-19-25-32/h17-19,24-25H,4-16,20-23,26-31H2,1-3H3/p+1. The second-order valence-electron chi connectivity index (χ2n) is 11.7. The molecule has 1 rings (SSSR count). The molecule has 0 atom stereocenters. The number of hydrogen-bond acceptors (Lipinski definition) is 2. The lowest BCUT2D eigenvalue weighted by Crippen LogP contribution is -2.41. The predicted octanol–water partition coefficient (Wildman–Crippen LogP) is 9.15. The summed E-state index contributed by atoms with van der Waals surface area (Å²) in [6, 6.07) is 10.7. The maximum absolute atomic E-state index is 12.1. The van der Waals surface area contributed by atoms with Gasteiger partial charge in [-0.1, -0.05) is 121 Å². The summed E-state index contributed by atoms with van der Waals surface area (Å²) in [6.07, 6.45) is 23.5. The van der Waals surface area contributed by atoms with E-state index in [1.54, 1.807) is 0 Å². The van der Waals surface area contributed by atoms with E-state index in [9.17, 15) is 4.79 Å². The average Bonchev–Trinajstić information content (AvgIpc) is 2.88. The molecule has 0 spiro atoms. The fraction of sp³-hybridized carbons (Fsp3) is 0.788. The Morgan fingerprint density at radius 2 is 1.22 bits per heavy atom. The topological polar surface area (TPSA) is 29.1 Å². The SMILES string of the molecule is CCCCCCCCCCSCCCCCCCCCCC(=O)NCCC[N+](C)(C)Cc1ccccc1. The van der Waals surface area contributed by atoms with E-state index in [0.717, 1.165) is 37.0 Å². The van der Waals surface area contributed by atoms with Gasteiger partial charge in [0.25, 0.3) is 0 Å².